The fraction of sp³-hybridized carbons (Fsp3) is 0.0102. The standard InChI is InChI=1S/C98H54N10O2S4/c1-4-21-53(22-5-1)84-88-86(63-29-10-13-37-72(63)110-88)101-95(99-84)67-33-18-38-74-81(67)71-50-59(45-48-73(71)109-74)94-103-93(106-96(107-94)68-34-19-41-77-82(68)64-30-11-14-39-75(64)111-77)58-28-16-27-56(49-58)57-43-47-65-80(51-57)112-78-42-20-35-69(83(65)78)97-104-91(55-25-8-3-9-26-55)105-98(108-97)70-36-17-32-62-61-46-44-60(52-79(61)114-89(62)70)92-100-85(54-23-6-2-7-24-54)90-87(102-92)66-31-12-15-40-76(66)113-90/h1-52,84H,(H,99,101). The lowest BCUT2D eigenvalue weighted by molar-refractivity contribution is 0.504. The van der Waals surface area contributed by atoms with Gasteiger partial charge in [0.1, 0.15) is 34.3 Å². The van der Waals surface area contributed by atoms with Gasteiger partial charge in [-0.15, -0.1) is 45.3 Å². The van der Waals surface area contributed by atoms with E-state index >= 15 is 0 Å². The number of para-hydroxylation sites is 1. The molecule has 14 aromatic carbocycles. The van der Waals surface area contributed by atoms with E-state index in [0.29, 0.717) is 46.6 Å². The number of aromatic nitrogens is 8. The fourth-order valence-corrected chi connectivity index (χ4v) is 21.3. The molecule has 0 fully saturated rings. The SMILES string of the molecule is c1ccc(-c2nc(-c3cccc4c3sc3cc(-c5nc(-c6ccccc6)c6sc7ccccc7c6n5)ccc34)nc(-c3cccc4sc5cc(-c6cccc(-c7nc(-c8ccc9oc%10cccc(C%11=Nc%12c(oc%13ccccc%12%13)C(c%12ccccc%12)N%11)c%10c9c8)nc(-c8cccc9sc%10ccccc%10c89)n7)c6)ccc5c34)n2)cc1. The van der Waals surface area contributed by atoms with Crippen molar-refractivity contribution in [3.05, 3.63) is 332 Å². The molecule has 0 radical (unpaired) electrons. The first-order chi connectivity index (χ1) is 56.4. The highest BCUT2D eigenvalue weighted by molar-refractivity contribution is 7.27. The van der Waals surface area contributed by atoms with E-state index in [9.17, 15) is 0 Å². The molecule has 1 aliphatic rings. The number of thiophene rings is 4. The Hall–Kier alpha value is -14.1. The molecule has 0 bridgehead atoms. The summed E-state index contributed by atoms with van der Waals surface area (Å²) in [6.07, 6.45) is 0. The number of aliphatic imine (C=N–C) groups is 1. The summed E-state index contributed by atoms with van der Waals surface area (Å²) >= 11 is 7.02. The number of hydrogen-bond donors (Lipinski definition) is 1. The molecule has 0 amide bonds. The predicted molar refractivity (Wildman–Crippen MR) is 470 cm³/mol. The van der Waals surface area contributed by atoms with E-state index in [2.05, 4.69) is 254 Å². The summed E-state index contributed by atoms with van der Waals surface area (Å²) in [6.45, 7) is 0. The molecule has 0 aliphatic carbocycles. The van der Waals surface area contributed by atoms with Gasteiger partial charge in [-0.1, -0.05) is 231 Å². The smallest absolute Gasteiger partial charge is 0.165 e. The number of rotatable bonds is 11. The van der Waals surface area contributed by atoms with Crippen molar-refractivity contribution in [2.45, 2.75) is 6.04 Å². The van der Waals surface area contributed by atoms with Gasteiger partial charge in [0.05, 0.1) is 15.9 Å². The van der Waals surface area contributed by atoms with Crippen molar-refractivity contribution in [1.82, 2.24) is 45.2 Å². The van der Waals surface area contributed by atoms with Crippen molar-refractivity contribution in [3.63, 3.8) is 0 Å². The van der Waals surface area contributed by atoms with Gasteiger partial charge in [-0.3, -0.25) is 0 Å². The van der Waals surface area contributed by atoms with Gasteiger partial charge in [-0.2, -0.15) is 0 Å². The van der Waals surface area contributed by atoms with E-state index in [0.717, 1.165) is 188 Å². The maximum atomic E-state index is 6.73. The zero-order valence-electron chi connectivity index (χ0n) is 60.1. The van der Waals surface area contributed by atoms with Crippen LogP contribution < -0.4 is 5.32 Å². The average Bonchev–Trinajstić information content (AvgIpc) is 1.58. The zero-order valence-corrected chi connectivity index (χ0v) is 63.3. The molecule has 114 heavy (non-hydrogen) atoms. The molecule has 0 spiro atoms. The first kappa shape index (κ1) is 64.7. The van der Waals surface area contributed by atoms with Gasteiger partial charge in [-0.05, 0) is 102 Å². The second-order valence-electron chi connectivity index (χ2n) is 28.6. The lowest BCUT2D eigenvalue weighted by atomic mass is 9.98. The molecule has 10 heterocycles. The monoisotopic (exact) mass is 1530 g/mol. The minimum Gasteiger partial charge on any atom is -0.456 e. The van der Waals surface area contributed by atoms with Crippen molar-refractivity contribution in [3.8, 4) is 102 Å². The summed E-state index contributed by atoms with van der Waals surface area (Å²) in [5.74, 6) is 5.61. The van der Waals surface area contributed by atoms with Crippen molar-refractivity contribution in [2.24, 2.45) is 4.99 Å². The highest BCUT2D eigenvalue weighted by Gasteiger charge is 2.32. The minimum atomic E-state index is -0.297. The number of hydrogen-bond acceptors (Lipinski definition) is 16. The zero-order chi connectivity index (χ0) is 74.6. The first-order valence-corrected chi connectivity index (χ1v) is 40.8. The molecule has 1 aliphatic heterocycles. The molecule has 23 aromatic rings. The predicted octanol–water partition coefficient (Wildman–Crippen LogP) is 26.7. The number of benzene rings is 14. The van der Waals surface area contributed by atoms with Crippen molar-refractivity contribution in [1.29, 1.82) is 0 Å². The number of furan rings is 2. The Kier molecular flexibility index (Phi) is 14.6. The lowest BCUT2D eigenvalue weighted by Gasteiger charge is -2.24. The molecule has 1 atom stereocenters. The molecule has 16 heteroatoms. The normalized spacial score (nSPS) is 13.1. The van der Waals surface area contributed by atoms with E-state index in [1.165, 1.54) is 9.40 Å². The molecule has 1 unspecified atom stereocenters. The van der Waals surface area contributed by atoms with Gasteiger partial charge in [0.2, 0.25) is 0 Å². The number of amidine groups is 1. The van der Waals surface area contributed by atoms with Gasteiger partial charge in [-0.25, -0.2) is 44.9 Å². The van der Waals surface area contributed by atoms with Gasteiger partial charge < -0.3 is 14.2 Å². The number of nitrogens with zero attached hydrogens (tertiary/aromatic N) is 9. The lowest BCUT2D eigenvalue weighted by Crippen LogP contribution is -2.32. The van der Waals surface area contributed by atoms with Gasteiger partial charge in [0, 0.05) is 137 Å². The highest BCUT2D eigenvalue weighted by Crippen LogP contribution is 2.49. The Labute approximate surface area is 665 Å². The molecule has 24 rings (SSSR count). The van der Waals surface area contributed by atoms with Crippen LogP contribution in [0.15, 0.2) is 329 Å². The fourth-order valence-electron chi connectivity index (χ4n) is 16.6. The van der Waals surface area contributed by atoms with Gasteiger partial charge >= 0.3 is 0 Å². The Morgan fingerprint density at radius 1 is 0.263 bits per heavy atom. The van der Waals surface area contributed by atoms with Crippen LogP contribution in [0, 0.1) is 0 Å². The Bertz CT molecular complexity index is 8000. The van der Waals surface area contributed by atoms with Crippen molar-refractivity contribution < 1.29 is 8.83 Å². The Balaban J connectivity index is 0.608. The minimum absolute atomic E-state index is 0.297. The maximum Gasteiger partial charge on any atom is 0.165 e. The largest absolute Gasteiger partial charge is 0.456 e. The maximum absolute atomic E-state index is 6.73. The van der Waals surface area contributed by atoms with Crippen LogP contribution in [0.3, 0.4) is 0 Å². The van der Waals surface area contributed by atoms with E-state index in [-0.39, 0.29) is 6.04 Å². The Morgan fingerprint density at radius 3 is 1.54 bits per heavy atom. The summed E-state index contributed by atoms with van der Waals surface area (Å²) in [5, 5.41) is 14.5. The summed E-state index contributed by atoms with van der Waals surface area (Å²) in [4.78, 5) is 48.6. The average molecular weight is 1530 g/mol. The highest BCUT2D eigenvalue weighted by atomic mass is 32.1. The molecular weight excluding hydrogens is 1480 g/mol. The molecule has 12 nitrogen and oxygen atoms in total. The van der Waals surface area contributed by atoms with E-state index < -0.39 is 0 Å². The summed E-state index contributed by atoms with van der Waals surface area (Å²) in [5.41, 5.74) is 16.4. The topological polar surface area (TPSA) is 154 Å². The quantitative estimate of drug-likeness (QED) is 0.132. The van der Waals surface area contributed by atoms with Crippen LogP contribution in [0.25, 0.3) is 216 Å². The molecule has 9 aromatic heterocycles. The van der Waals surface area contributed by atoms with Crippen LogP contribution in [0.4, 0.5) is 5.69 Å². The van der Waals surface area contributed by atoms with E-state index in [1.807, 2.05) is 66.7 Å². The van der Waals surface area contributed by atoms with Crippen molar-refractivity contribution in [2.75, 3.05) is 0 Å². The summed E-state index contributed by atoms with van der Waals surface area (Å²) in [7, 11) is 0. The molecule has 532 valence electrons. The molecule has 0 saturated heterocycles. The van der Waals surface area contributed by atoms with Crippen LogP contribution in [-0.2, 0) is 0 Å². The molecular formula is C98H54N10O2S4. The first-order valence-electron chi connectivity index (χ1n) is 37.6. The number of fused-ring (bicyclic) bond motifs is 18. The van der Waals surface area contributed by atoms with Crippen LogP contribution >= 0.6 is 45.3 Å². The van der Waals surface area contributed by atoms with Crippen LogP contribution in [0.5, 0.6) is 0 Å². The van der Waals surface area contributed by atoms with E-state index in [4.69, 9.17) is 53.7 Å². The second kappa shape index (κ2) is 25.7. The molecule has 0 saturated carbocycles. The summed E-state index contributed by atoms with van der Waals surface area (Å²) < 4.78 is 22.4. The third-order valence-corrected chi connectivity index (χ3v) is 26.5. The van der Waals surface area contributed by atoms with Crippen molar-refractivity contribution >= 4 is 171 Å². The number of nitrogens with one attached hydrogen (secondary N) is 1. The third kappa shape index (κ3) is 10.5. The molecule has 1 N–H and O–H groups in total. The van der Waals surface area contributed by atoms with Gasteiger partial charge in [0.15, 0.2) is 46.5 Å². The van der Waals surface area contributed by atoms with Gasteiger partial charge in [0.25, 0.3) is 0 Å². The van der Waals surface area contributed by atoms with E-state index in [1.54, 1.807) is 45.3 Å². The van der Waals surface area contributed by atoms with Crippen LogP contribution in [-0.4, -0.2) is 45.7 Å². The van der Waals surface area contributed by atoms with Crippen LogP contribution in [0.1, 0.15) is 22.9 Å². The summed E-state index contributed by atoms with van der Waals surface area (Å²) in [6, 6.07) is 110. The van der Waals surface area contributed by atoms with Crippen LogP contribution in [0.2, 0.25) is 0 Å². The Morgan fingerprint density at radius 2 is 0.746 bits per heavy atom. The third-order valence-electron chi connectivity index (χ3n) is 21.9. The second-order valence-corrected chi connectivity index (χ2v) is 32.9.